The average Bonchev–Trinajstić information content (AvgIpc) is 2.64. The van der Waals surface area contributed by atoms with Crippen molar-refractivity contribution in [2.75, 3.05) is 7.05 Å². The zero-order chi connectivity index (χ0) is 13.3. The summed E-state index contributed by atoms with van der Waals surface area (Å²) < 4.78 is 1.17. The summed E-state index contributed by atoms with van der Waals surface area (Å²) in [6.45, 7) is 6.50. The van der Waals surface area contributed by atoms with Gasteiger partial charge in [-0.1, -0.05) is 28.1 Å². The van der Waals surface area contributed by atoms with Crippen LogP contribution in [0.1, 0.15) is 32.5 Å². The van der Waals surface area contributed by atoms with E-state index in [0.717, 1.165) is 0 Å². The van der Waals surface area contributed by atoms with Crippen molar-refractivity contribution in [3.05, 3.63) is 55.2 Å². The van der Waals surface area contributed by atoms with E-state index in [4.69, 9.17) is 0 Å². The van der Waals surface area contributed by atoms with Gasteiger partial charge in [0, 0.05) is 14.2 Å². The van der Waals surface area contributed by atoms with Crippen LogP contribution in [0.25, 0.3) is 0 Å². The molecular formula is C15H18BrNS. The van der Waals surface area contributed by atoms with Gasteiger partial charge in [0.05, 0.1) is 6.04 Å². The minimum absolute atomic E-state index is 0.279. The molecular weight excluding hydrogens is 306 g/mol. The Morgan fingerprint density at radius 2 is 1.89 bits per heavy atom. The number of hydrogen-bond donors (Lipinski definition) is 1. The van der Waals surface area contributed by atoms with E-state index in [9.17, 15) is 0 Å². The maximum atomic E-state index is 3.56. The molecule has 1 aromatic heterocycles. The molecule has 0 saturated heterocycles. The summed E-state index contributed by atoms with van der Waals surface area (Å²) in [6.07, 6.45) is 0. The quantitative estimate of drug-likeness (QED) is 0.859. The van der Waals surface area contributed by atoms with Crippen molar-refractivity contribution in [1.82, 2.24) is 5.32 Å². The van der Waals surface area contributed by atoms with Gasteiger partial charge < -0.3 is 5.32 Å². The first kappa shape index (κ1) is 13.8. The van der Waals surface area contributed by atoms with Crippen LogP contribution in [-0.4, -0.2) is 7.05 Å². The lowest BCUT2D eigenvalue weighted by Gasteiger charge is -2.18. The first-order valence-electron chi connectivity index (χ1n) is 6.03. The van der Waals surface area contributed by atoms with Crippen LogP contribution in [0.4, 0.5) is 0 Å². The first-order valence-corrected chi connectivity index (χ1v) is 7.64. The molecule has 1 aromatic carbocycles. The average molecular weight is 324 g/mol. The molecule has 0 bridgehead atoms. The van der Waals surface area contributed by atoms with Gasteiger partial charge in [-0.25, -0.2) is 0 Å². The zero-order valence-electron chi connectivity index (χ0n) is 11.2. The third-order valence-corrected chi connectivity index (χ3v) is 5.07. The fourth-order valence-electron chi connectivity index (χ4n) is 2.29. The van der Waals surface area contributed by atoms with Crippen molar-refractivity contribution >= 4 is 27.3 Å². The van der Waals surface area contributed by atoms with Gasteiger partial charge in [-0.3, -0.25) is 0 Å². The van der Waals surface area contributed by atoms with Gasteiger partial charge in [0.15, 0.2) is 0 Å². The third kappa shape index (κ3) is 2.68. The van der Waals surface area contributed by atoms with Crippen molar-refractivity contribution < 1.29 is 0 Å². The summed E-state index contributed by atoms with van der Waals surface area (Å²) in [5.74, 6) is 0. The molecule has 18 heavy (non-hydrogen) atoms. The molecule has 0 fully saturated rings. The van der Waals surface area contributed by atoms with E-state index in [0.29, 0.717) is 0 Å². The van der Waals surface area contributed by atoms with E-state index in [2.05, 4.69) is 66.3 Å². The van der Waals surface area contributed by atoms with Crippen LogP contribution < -0.4 is 5.32 Å². The third-order valence-electron chi connectivity index (χ3n) is 3.19. The highest BCUT2D eigenvalue weighted by Crippen LogP contribution is 2.31. The molecule has 1 unspecified atom stereocenters. The minimum Gasteiger partial charge on any atom is -0.309 e. The Morgan fingerprint density at radius 3 is 2.39 bits per heavy atom. The summed E-state index contributed by atoms with van der Waals surface area (Å²) in [4.78, 5) is 2.77. The fourth-order valence-corrected chi connectivity index (χ4v) is 3.50. The summed E-state index contributed by atoms with van der Waals surface area (Å²) in [5, 5.41) is 3.43. The smallest absolute Gasteiger partial charge is 0.0585 e. The highest BCUT2D eigenvalue weighted by molar-refractivity contribution is 9.10. The highest BCUT2D eigenvalue weighted by Gasteiger charge is 2.16. The molecule has 0 amide bonds. The van der Waals surface area contributed by atoms with Crippen molar-refractivity contribution in [2.24, 2.45) is 0 Å². The SMILES string of the molecule is CNC(c1ccc(Br)c(C)c1)c1cc(C)sc1C. The molecule has 0 aliphatic heterocycles. The lowest BCUT2D eigenvalue weighted by Crippen LogP contribution is -2.17. The van der Waals surface area contributed by atoms with Gasteiger partial charge in [0.2, 0.25) is 0 Å². The molecule has 0 aliphatic carbocycles. The Bertz CT molecular complexity index is 560. The number of halogens is 1. The Labute approximate surface area is 121 Å². The molecule has 0 saturated carbocycles. The van der Waals surface area contributed by atoms with Gasteiger partial charge in [-0.15, -0.1) is 11.3 Å². The number of nitrogens with one attached hydrogen (secondary N) is 1. The van der Waals surface area contributed by atoms with Crippen LogP contribution in [-0.2, 0) is 0 Å². The maximum Gasteiger partial charge on any atom is 0.0585 e. The van der Waals surface area contributed by atoms with E-state index in [-0.39, 0.29) is 6.04 Å². The normalized spacial score (nSPS) is 12.7. The predicted octanol–water partition coefficient (Wildman–Crippen LogP) is 4.74. The second-order valence-electron chi connectivity index (χ2n) is 4.60. The summed E-state index contributed by atoms with van der Waals surface area (Å²) in [5.41, 5.74) is 3.98. The van der Waals surface area contributed by atoms with Crippen molar-refractivity contribution in [1.29, 1.82) is 0 Å². The second kappa shape index (κ2) is 5.55. The topological polar surface area (TPSA) is 12.0 Å². The number of thiophene rings is 1. The fraction of sp³-hybridized carbons (Fsp3) is 0.333. The van der Waals surface area contributed by atoms with Crippen molar-refractivity contribution in [3.63, 3.8) is 0 Å². The monoisotopic (exact) mass is 323 g/mol. The van der Waals surface area contributed by atoms with Crippen LogP contribution >= 0.6 is 27.3 Å². The van der Waals surface area contributed by atoms with Gasteiger partial charge in [-0.05, 0) is 56.6 Å². The first-order chi connectivity index (χ1) is 8.52. The molecule has 0 spiro atoms. The molecule has 1 atom stereocenters. The molecule has 2 rings (SSSR count). The molecule has 0 radical (unpaired) electrons. The van der Waals surface area contributed by atoms with E-state index < -0.39 is 0 Å². The van der Waals surface area contributed by atoms with E-state index in [1.165, 1.54) is 30.9 Å². The van der Waals surface area contributed by atoms with E-state index in [1.54, 1.807) is 0 Å². The minimum atomic E-state index is 0.279. The lowest BCUT2D eigenvalue weighted by atomic mass is 9.98. The highest BCUT2D eigenvalue weighted by atomic mass is 79.9. The van der Waals surface area contributed by atoms with E-state index >= 15 is 0 Å². The molecule has 1 heterocycles. The molecule has 1 N–H and O–H groups in total. The predicted molar refractivity (Wildman–Crippen MR) is 83.6 cm³/mol. The van der Waals surface area contributed by atoms with Gasteiger partial charge in [-0.2, -0.15) is 0 Å². The molecule has 0 aliphatic rings. The second-order valence-corrected chi connectivity index (χ2v) is 6.91. The van der Waals surface area contributed by atoms with Crippen molar-refractivity contribution in [2.45, 2.75) is 26.8 Å². The van der Waals surface area contributed by atoms with Crippen molar-refractivity contribution in [3.8, 4) is 0 Å². The number of aryl methyl sites for hydroxylation is 3. The van der Waals surface area contributed by atoms with Crippen LogP contribution in [0.15, 0.2) is 28.7 Å². The van der Waals surface area contributed by atoms with Crippen LogP contribution in [0.5, 0.6) is 0 Å². The summed E-state index contributed by atoms with van der Waals surface area (Å²) in [7, 11) is 2.02. The Balaban J connectivity index is 2.45. The van der Waals surface area contributed by atoms with Gasteiger partial charge in [0.25, 0.3) is 0 Å². The standard InChI is InChI=1S/C15H18BrNS/c1-9-7-12(5-6-14(9)16)15(17-4)13-8-10(2)18-11(13)3/h5-8,15,17H,1-4H3. The maximum absolute atomic E-state index is 3.56. The van der Waals surface area contributed by atoms with Crippen LogP contribution in [0.3, 0.4) is 0 Å². The Kier molecular flexibility index (Phi) is 4.25. The summed E-state index contributed by atoms with van der Waals surface area (Å²) in [6, 6.07) is 9.13. The zero-order valence-corrected chi connectivity index (χ0v) is 13.6. The largest absolute Gasteiger partial charge is 0.309 e. The summed E-state index contributed by atoms with van der Waals surface area (Å²) >= 11 is 5.42. The lowest BCUT2D eigenvalue weighted by molar-refractivity contribution is 0.690. The molecule has 2 aromatic rings. The number of rotatable bonds is 3. The van der Waals surface area contributed by atoms with E-state index in [1.807, 2.05) is 18.4 Å². The molecule has 3 heteroatoms. The van der Waals surface area contributed by atoms with Crippen LogP contribution in [0.2, 0.25) is 0 Å². The molecule has 1 nitrogen and oxygen atoms in total. The Morgan fingerprint density at radius 1 is 1.17 bits per heavy atom. The number of hydrogen-bond acceptors (Lipinski definition) is 2. The Hall–Kier alpha value is -0.640. The number of benzene rings is 1. The van der Waals surface area contributed by atoms with Crippen LogP contribution in [0, 0.1) is 20.8 Å². The van der Waals surface area contributed by atoms with Gasteiger partial charge in [0.1, 0.15) is 0 Å². The van der Waals surface area contributed by atoms with Gasteiger partial charge >= 0.3 is 0 Å². The molecule has 96 valence electrons.